The fraction of sp³-hybridized carbons (Fsp3) is 0.692. The summed E-state index contributed by atoms with van der Waals surface area (Å²) in [6.07, 6.45) is 9.35. The van der Waals surface area contributed by atoms with E-state index in [4.69, 9.17) is 5.73 Å². The lowest BCUT2D eigenvalue weighted by molar-refractivity contribution is -0.125. The van der Waals surface area contributed by atoms with E-state index in [1.807, 2.05) is 17.7 Å². The first-order valence-electron chi connectivity index (χ1n) is 6.59. The van der Waals surface area contributed by atoms with Crippen LogP contribution in [0.25, 0.3) is 0 Å². The van der Waals surface area contributed by atoms with E-state index in [-0.39, 0.29) is 17.4 Å². The minimum atomic E-state index is 0.0822. The van der Waals surface area contributed by atoms with E-state index in [9.17, 15) is 4.79 Å². The monoisotopic (exact) mass is 250 g/mol. The molecule has 0 saturated heterocycles. The Morgan fingerprint density at radius 3 is 2.89 bits per heavy atom. The van der Waals surface area contributed by atoms with Gasteiger partial charge in [0.05, 0.1) is 6.33 Å². The van der Waals surface area contributed by atoms with Crippen molar-refractivity contribution in [1.82, 2.24) is 14.9 Å². The molecule has 5 nitrogen and oxygen atoms in total. The molecule has 1 aromatic rings. The van der Waals surface area contributed by atoms with Gasteiger partial charge in [-0.3, -0.25) is 4.79 Å². The summed E-state index contributed by atoms with van der Waals surface area (Å²) >= 11 is 0. The smallest absolute Gasteiger partial charge is 0.220 e. The summed E-state index contributed by atoms with van der Waals surface area (Å²) in [5.41, 5.74) is 5.85. The molecule has 0 bridgehead atoms. The number of nitrogens with two attached hydrogens (primary N) is 1. The Balaban J connectivity index is 1.76. The maximum Gasteiger partial charge on any atom is 0.220 e. The molecule has 1 fully saturated rings. The Bertz CT molecular complexity index is 378. The van der Waals surface area contributed by atoms with Crippen LogP contribution in [0.1, 0.15) is 32.6 Å². The van der Waals surface area contributed by atoms with Crippen molar-refractivity contribution in [1.29, 1.82) is 0 Å². The van der Waals surface area contributed by atoms with Crippen LogP contribution in [0.15, 0.2) is 18.7 Å². The largest absolute Gasteiger partial charge is 0.352 e. The zero-order valence-electron chi connectivity index (χ0n) is 10.9. The highest BCUT2D eigenvalue weighted by Crippen LogP contribution is 2.42. The number of hydrogen-bond acceptors (Lipinski definition) is 3. The number of carbonyl (C=O) groups excluding carboxylic acids is 1. The van der Waals surface area contributed by atoms with Crippen LogP contribution in [-0.2, 0) is 11.3 Å². The molecule has 1 heterocycles. The van der Waals surface area contributed by atoms with Crippen molar-refractivity contribution >= 4 is 5.91 Å². The van der Waals surface area contributed by atoms with Gasteiger partial charge in [-0.1, -0.05) is 6.42 Å². The molecule has 0 radical (unpaired) electrons. The molecule has 1 aliphatic rings. The van der Waals surface area contributed by atoms with Gasteiger partial charge in [0.15, 0.2) is 0 Å². The first-order chi connectivity index (χ1) is 8.63. The highest BCUT2D eigenvalue weighted by atomic mass is 16.1. The summed E-state index contributed by atoms with van der Waals surface area (Å²) in [7, 11) is 0. The average Bonchev–Trinajstić information content (AvgIpc) is 2.75. The van der Waals surface area contributed by atoms with Gasteiger partial charge in [-0.15, -0.1) is 0 Å². The Morgan fingerprint density at radius 2 is 2.39 bits per heavy atom. The third kappa shape index (κ3) is 3.10. The highest BCUT2D eigenvalue weighted by molar-refractivity contribution is 5.77. The van der Waals surface area contributed by atoms with Gasteiger partial charge in [-0.25, -0.2) is 4.98 Å². The summed E-state index contributed by atoms with van der Waals surface area (Å²) in [5, 5.41) is 3.03. The minimum absolute atomic E-state index is 0.0822. The molecular formula is C13H22N4O. The normalized spacial score (nSPS) is 19.0. The van der Waals surface area contributed by atoms with Gasteiger partial charge in [0.25, 0.3) is 0 Å². The molecule has 1 amide bonds. The number of rotatable bonds is 6. The second kappa shape index (κ2) is 5.52. The Kier molecular flexibility index (Phi) is 4.01. The van der Waals surface area contributed by atoms with Crippen LogP contribution in [0.3, 0.4) is 0 Å². The van der Waals surface area contributed by atoms with Crippen LogP contribution in [0, 0.1) is 5.41 Å². The van der Waals surface area contributed by atoms with E-state index in [1.54, 1.807) is 12.5 Å². The van der Waals surface area contributed by atoms with Gasteiger partial charge < -0.3 is 15.6 Å². The van der Waals surface area contributed by atoms with E-state index in [1.165, 1.54) is 6.42 Å². The van der Waals surface area contributed by atoms with Crippen LogP contribution in [0.4, 0.5) is 0 Å². The zero-order valence-corrected chi connectivity index (χ0v) is 10.9. The second-order valence-electron chi connectivity index (χ2n) is 5.46. The summed E-state index contributed by atoms with van der Waals surface area (Å²) in [4.78, 5) is 15.9. The molecular weight excluding hydrogens is 228 g/mol. The van der Waals surface area contributed by atoms with E-state index >= 15 is 0 Å². The summed E-state index contributed by atoms with van der Waals surface area (Å²) in [5.74, 6) is 0.118. The molecule has 1 aliphatic carbocycles. The van der Waals surface area contributed by atoms with Gasteiger partial charge in [0.1, 0.15) is 0 Å². The second-order valence-corrected chi connectivity index (χ2v) is 5.46. The fourth-order valence-corrected chi connectivity index (χ4v) is 2.55. The molecule has 5 heteroatoms. The van der Waals surface area contributed by atoms with Gasteiger partial charge in [0, 0.05) is 31.4 Å². The van der Waals surface area contributed by atoms with Crippen molar-refractivity contribution in [3.05, 3.63) is 18.7 Å². The van der Waals surface area contributed by atoms with Gasteiger partial charge in [0.2, 0.25) is 5.91 Å². The molecule has 0 spiro atoms. The average molecular weight is 250 g/mol. The summed E-state index contributed by atoms with van der Waals surface area (Å²) in [6, 6.07) is 0.113. The highest BCUT2D eigenvalue weighted by Gasteiger charge is 2.37. The lowest BCUT2D eigenvalue weighted by atomic mass is 9.66. The van der Waals surface area contributed by atoms with Crippen molar-refractivity contribution in [2.24, 2.45) is 11.1 Å². The fourth-order valence-electron chi connectivity index (χ4n) is 2.55. The summed E-state index contributed by atoms with van der Waals surface area (Å²) < 4.78 is 1.97. The first kappa shape index (κ1) is 13.1. The van der Waals surface area contributed by atoms with E-state index in [0.29, 0.717) is 13.0 Å². The van der Waals surface area contributed by atoms with Gasteiger partial charge in [-0.05, 0) is 31.7 Å². The van der Waals surface area contributed by atoms with Crippen LogP contribution >= 0.6 is 0 Å². The Labute approximate surface area is 108 Å². The SMILES string of the molecule is CC(Cn1ccnc1)NC(=O)CC1(CN)CCC1. The maximum atomic E-state index is 12.0. The topological polar surface area (TPSA) is 72.9 Å². The molecule has 3 N–H and O–H groups in total. The van der Waals surface area contributed by atoms with Gasteiger partial charge >= 0.3 is 0 Å². The van der Waals surface area contributed by atoms with Crippen molar-refractivity contribution in [2.75, 3.05) is 6.54 Å². The Hall–Kier alpha value is -1.36. The zero-order chi connectivity index (χ0) is 13.0. The Morgan fingerprint density at radius 1 is 1.61 bits per heavy atom. The number of hydrogen-bond donors (Lipinski definition) is 2. The molecule has 1 saturated carbocycles. The third-order valence-corrected chi connectivity index (χ3v) is 3.83. The van der Waals surface area contributed by atoms with Crippen molar-refractivity contribution in [3.8, 4) is 0 Å². The summed E-state index contributed by atoms with van der Waals surface area (Å²) in [6.45, 7) is 3.38. The minimum Gasteiger partial charge on any atom is -0.352 e. The molecule has 1 aromatic heterocycles. The molecule has 1 unspecified atom stereocenters. The van der Waals surface area contributed by atoms with Crippen molar-refractivity contribution in [3.63, 3.8) is 0 Å². The van der Waals surface area contributed by atoms with Crippen LogP contribution in [0.2, 0.25) is 0 Å². The van der Waals surface area contributed by atoms with Crippen LogP contribution < -0.4 is 11.1 Å². The predicted molar refractivity (Wildman–Crippen MR) is 69.8 cm³/mol. The van der Waals surface area contributed by atoms with Crippen LogP contribution in [-0.4, -0.2) is 28.0 Å². The predicted octanol–water partition coefficient (Wildman–Crippen LogP) is 0.907. The molecule has 100 valence electrons. The molecule has 2 rings (SSSR count). The molecule has 18 heavy (non-hydrogen) atoms. The number of amides is 1. The number of nitrogens with one attached hydrogen (secondary N) is 1. The van der Waals surface area contributed by atoms with Gasteiger partial charge in [-0.2, -0.15) is 0 Å². The number of aromatic nitrogens is 2. The molecule has 0 aromatic carbocycles. The van der Waals surface area contributed by atoms with Crippen molar-refractivity contribution in [2.45, 2.75) is 45.2 Å². The van der Waals surface area contributed by atoms with Crippen LogP contribution in [0.5, 0.6) is 0 Å². The maximum absolute atomic E-state index is 12.0. The quantitative estimate of drug-likeness (QED) is 0.788. The number of imidazole rings is 1. The molecule has 1 atom stereocenters. The third-order valence-electron chi connectivity index (χ3n) is 3.83. The molecule has 0 aliphatic heterocycles. The van der Waals surface area contributed by atoms with E-state index in [2.05, 4.69) is 10.3 Å². The lowest BCUT2D eigenvalue weighted by Crippen LogP contribution is -2.44. The van der Waals surface area contributed by atoms with E-state index < -0.39 is 0 Å². The standard InChI is InChI=1S/C13H22N4O/c1-11(8-17-6-5-15-10-17)16-12(18)7-13(9-14)3-2-4-13/h5-6,10-11H,2-4,7-9,14H2,1H3,(H,16,18). The van der Waals surface area contributed by atoms with E-state index in [0.717, 1.165) is 19.4 Å². The lowest BCUT2D eigenvalue weighted by Gasteiger charge is -2.40. The number of carbonyl (C=O) groups is 1. The van der Waals surface area contributed by atoms with Crippen molar-refractivity contribution < 1.29 is 4.79 Å². The first-order valence-corrected chi connectivity index (χ1v) is 6.59. The number of nitrogens with zero attached hydrogens (tertiary/aromatic N) is 2.